The van der Waals surface area contributed by atoms with Crippen LogP contribution in [-0.4, -0.2) is 0 Å². The summed E-state index contributed by atoms with van der Waals surface area (Å²) >= 11 is 0. The van der Waals surface area contributed by atoms with Crippen LogP contribution < -0.4 is 0 Å². The van der Waals surface area contributed by atoms with E-state index >= 15 is 0 Å². The van der Waals surface area contributed by atoms with Crippen LogP contribution in [0.15, 0.2) is 36.0 Å². The fraction of sp³-hybridized carbons (Fsp3) is 0.250. The summed E-state index contributed by atoms with van der Waals surface area (Å²) in [6.07, 6.45) is 3.34. The van der Waals surface area contributed by atoms with E-state index in [1.165, 1.54) is 12.2 Å². The zero-order chi connectivity index (χ0) is 7.56. The van der Waals surface area contributed by atoms with Gasteiger partial charge in [0.25, 0.3) is 0 Å². The molecule has 0 aromatic rings. The van der Waals surface area contributed by atoms with Gasteiger partial charge in [0.15, 0.2) is 0 Å². The topological polar surface area (TPSA) is 0 Å². The third kappa shape index (κ3) is 1.15. The largest absolute Gasteiger partial charge is 0.211 e. The summed E-state index contributed by atoms with van der Waals surface area (Å²) in [4.78, 5) is 0. The van der Waals surface area contributed by atoms with Crippen LogP contribution in [0, 0.1) is 0 Å². The van der Waals surface area contributed by atoms with E-state index in [1.807, 2.05) is 0 Å². The average Bonchev–Trinajstić information content (AvgIpc) is 1.88. The first-order chi connectivity index (χ1) is 4.75. The highest BCUT2D eigenvalue weighted by atomic mass is 19.1. The number of halogens is 2. The van der Waals surface area contributed by atoms with Gasteiger partial charge in [-0.05, 0) is 12.5 Å². The monoisotopic (exact) mass is 142 g/mol. The predicted octanol–water partition coefficient (Wildman–Crippen LogP) is 3.04. The molecule has 0 bridgehead atoms. The summed E-state index contributed by atoms with van der Waals surface area (Å²) in [6, 6.07) is 0. The van der Waals surface area contributed by atoms with Crippen molar-refractivity contribution in [2.24, 2.45) is 0 Å². The summed E-state index contributed by atoms with van der Waals surface area (Å²) in [5.74, 6) is -0.881. The predicted molar refractivity (Wildman–Crippen MR) is 36.8 cm³/mol. The molecule has 0 aliphatic heterocycles. The Morgan fingerprint density at radius 3 is 2.60 bits per heavy atom. The number of hydrogen-bond acceptors (Lipinski definition) is 0. The van der Waals surface area contributed by atoms with Gasteiger partial charge in [-0.2, -0.15) is 0 Å². The van der Waals surface area contributed by atoms with Crippen LogP contribution in [0.1, 0.15) is 12.8 Å². The van der Waals surface area contributed by atoms with Crippen LogP contribution in [-0.2, 0) is 0 Å². The lowest BCUT2D eigenvalue weighted by Crippen LogP contribution is -1.91. The highest BCUT2D eigenvalue weighted by molar-refractivity contribution is 5.38. The van der Waals surface area contributed by atoms with E-state index < -0.39 is 11.7 Å². The van der Waals surface area contributed by atoms with Crippen molar-refractivity contribution < 1.29 is 8.78 Å². The van der Waals surface area contributed by atoms with Crippen molar-refractivity contribution in [1.29, 1.82) is 0 Å². The second-order valence-electron chi connectivity index (χ2n) is 2.11. The zero-order valence-corrected chi connectivity index (χ0v) is 5.53. The Labute approximate surface area is 58.6 Å². The SMILES string of the molecule is C=CC1=C(F)CCC=C1F. The van der Waals surface area contributed by atoms with Gasteiger partial charge in [-0.3, -0.25) is 0 Å². The maximum Gasteiger partial charge on any atom is 0.129 e. The Hall–Kier alpha value is -0.920. The highest BCUT2D eigenvalue weighted by Gasteiger charge is 2.12. The molecule has 0 fully saturated rings. The molecule has 0 saturated carbocycles. The molecule has 0 atom stereocenters. The molecule has 0 N–H and O–H groups in total. The van der Waals surface area contributed by atoms with Crippen molar-refractivity contribution >= 4 is 0 Å². The van der Waals surface area contributed by atoms with Crippen molar-refractivity contribution in [3.8, 4) is 0 Å². The molecule has 1 aliphatic rings. The molecule has 1 rings (SSSR count). The van der Waals surface area contributed by atoms with Crippen molar-refractivity contribution in [2.45, 2.75) is 12.8 Å². The molecule has 0 spiro atoms. The van der Waals surface area contributed by atoms with Crippen molar-refractivity contribution in [1.82, 2.24) is 0 Å². The van der Waals surface area contributed by atoms with Gasteiger partial charge in [0.05, 0.1) is 0 Å². The van der Waals surface area contributed by atoms with Gasteiger partial charge < -0.3 is 0 Å². The van der Waals surface area contributed by atoms with E-state index in [-0.39, 0.29) is 5.57 Å². The molecule has 0 radical (unpaired) electrons. The molecule has 0 aromatic heterocycles. The van der Waals surface area contributed by atoms with E-state index in [0.717, 1.165) is 0 Å². The van der Waals surface area contributed by atoms with Gasteiger partial charge in [0.1, 0.15) is 11.7 Å². The average molecular weight is 142 g/mol. The third-order valence-corrected chi connectivity index (χ3v) is 1.44. The van der Waals surface area contributed by atoms with E-state index in [4.69, 9.17) is 0 Å². The summed E-state index contributed by atoms with van der Waals surface area (Å²) in [6.45, 7) is 3.31. The van der Waals surface area contributed by atoms with Gasteiger partial charge in [0.2, 0.25) is 0 Å². The normalized spacial score (nSPS) is 18.8. The number of hydrogen-bond donors (Lipinski definition) is 0. The molecule has 0 unspecified atom stereocenters. The van der Waals surface area contributed by atoms with E-state index in [2.05, 4.69) is 6.58 Å². The lowest BCUT2D eigenvalue weighted by atomic mass is 10.1. The van der Waals surface area contributed by atoms with Gasteiger partial charge in [-0.1, -0.05) is 12.7 Å². The Kier molecular flexibility index (Phi) is 2.00. The molecule has 0 amide bonds. The fourth-order valence-corrected chi connectivity index (χ4v) is 0.908. The molecule has 54 valence electrons. The maximum atomic E-state index is 12.6. The Balaban J connectivity index is 2.97. The van der Waals surface area contributed by atoms with Crippen LogP contribution in [0.4, 0.5) is 8.78 Å². The Bertz CT molecular complexity index is 211. The highest BCUT2D eigenvalue weighted by Crippen LogP contribution is 2.27. The van der Waals surface area contributed by atoms with Crippen LogP contribution in [0.5, 0.6) is 0 Å². The van der Waals surface area contributed by atoms with Gasteiger partial charge in [-0.15, -0.1) is 0 Å². The third-order valence-electron chi connectivity index (χ3n) is 1.44. The molecule has 1 aliphatic carbocycles. The van der Waals surface area contributed by atoms with E-state index in [0.29, 0.717) is 12.8 Å². The van der Waals surface area contributed by atoms with Crippen molar-refractivity contribution in [3.63, 3.8) is 0 Å². The smallest absolute Gasteiger partial charge is 0.129 e. The molecule has 0 nitrogen and oxygen atoms in total. The summed E-state index contributed by atoms with van der Waals surface area (Å²) < 4.78 is 25.2. The van der Waals surface area contributed by atoms with Crippen molar-refractivity contribution in [2.75, 3.05) is 0 Å². The second kappa shape index (κ2) is 2.78. The van der Waals surface area contributed by atoms with Gasteiger partial charge >= 0.3 is 0 Å². The fourth-order valence-electron chi connectivity index (χ4n) is 0.908. The van der Waals surface area contributed by atoms with Crippen LogP contribution in [0.2, 0.25) is 0 Å². The lowest BCUT2D eigenvalue weighted by molar-refractivity contribution is 0.547. The minimum Gasteiger partial charge on any atom is -0.211 e. The Morgan fingerprint density at radius 2 is 2.20 bits per heavy atom. The molecule has 0 aromatic carbocycles. The van der Waals surface area contributed by atoms with Crippen LogP contribution in [0.3, 0.4) is 0 Å². The Morgan fingerprint density at radius 1 is 1.50 bits per heavy atom. The molecular formula is C8H8F2. The second-order valence-corrected chi connectivity index (χ2v) is 2.11. The van der Waals surface area contributed by atoms with E-state index in [9.17, 15) is 8.78 Å². The summed E-state index contributed by atoms with van der Waals surface area (Å²) in [5, 5.41) is 0. The first kappa shape index (κ1) is 7.19. The van der Waals surface area contributed by atoms with Crippen LogP contribution >= 0.6 is 0 Å². The van der Waals surface area contributed by atoms with Gasteiger partial charge in [0, 0.05) is 12.0 Å². The number of rotatable bonds is 1. The molecule has 0 saturated heterocycles. The maximum absolute atomic E-state index is 12.6. The quantitative estimate of drug-likeness (QED) is 0.527. The van der Waals surface area contributed by atoms with Gasteiger partial charge in [-0.25, -0.2) is 8.78 Å². The van der Waals surface area contributed by atoms with Crippen molar-refractivity contribution in [3.05, 3.63) is 36.0 Å². The first-order valence-electron chi connectivity index (χ1n) is 3.13. The number of allylic oxidation sites excluding steroid dienone is 5. The minimum atomic E-state index is -0.487. The summed E-state index contributed by atoms with van der Waals surface area (Å²) in [7, 11) is 0. The first-order valence-corrected chi connectivity index (χ1v) is 3.13. The molecule has 0 heterocycles. The van der Waals surface area contributed by atoms with E-state index in [1.54, 1.807) is 0 Å². The minimum absolute atomic E-state index is 0.0197. The molecule has 2 heteroatoms. The standard InChI is InChI=1S/C8H8F2/c1-2-6-7(9)4-3-5-8(6)10/h2,4H,1,3,5H2. The zero-order valence-electron chi connectivity index (χ0n) is 5.53. The molecule has 10 heavy (non-hydrogen) atoms. The van der Waals surface area contributed by atoms with Crippen LogP contribution in [0.25, 0.3) is 0 Å². The molecular weight excluding hydrogens is 134 g/mol. The lowest BCUT2D eigenvalue weighted by Gasteiger charge is -2.06. The summed E-state index contributed by atoms with van der Waals surface area (Å²) in [5.41, 5.74) is 0.0197.